The monoisotopic (exact) mass is 304 g/mol. The first kappa shape index (κ1) is 16.2. The van der Waals surface area contributed by atoms with Crippen LogP contribution in [0.15, 0.2) is 0 Å². The summed E-state index contributed by atoms with van der Waals surface area (Å²) < 4.78 is 28.1. The van der Waals surface area contributed by atoms with Gasteiger partial charge in [-0.25, -0.2) is 0 Å². The molecule has 0 aromatic heterocycles. The Balaban J connectivity index is 2.02. The van der Waals surface area contributed by atoms with E-state index in [0.29, 0.717) is 6.54 Å². The number of piperidine rings is 1. The van der Waals surface area contributed by atoms with E-state index >= 15 is 0 Å². The quantitative estimate of drug-likeness (QED) is 0.747. The summed E-state index contributed by atoms with van der Waals surface area (Å²) in [5.41, 5.74) is 0. The lowest BCUT2D eigenvalue weighted by Gasteiger charge is -2.36. The van der Waals surface area contributed by atoms with E-state index in [1.807, 2.05) is 0 Å². The highest BCUT2D eigenvalue weighted by Gasteiger charge is 2.32. The number of hydrogen-bond donors (Lipinski definition) is 1. The van der Waals surface area contributed by atoms with Gasteiger partial charge in [0.1, 0.15) is 0 Å². The number of hydrogen-bond acceptors (Lipinski definition) is 4. The number of nitrogens with zero attached hydrogens (tertiary/aromatic N) is 3. The molecule has 7 heteroatoms. The van der Waals surface area contributed by atoms with E-state index in [2.05, 4.69) is 10.2 Å². The Morgan fingerprint density at radius 1 is 1.20 bits per heavy atom. The molecule has 0 saturated carbocycles. The normalized spacial score (nSPS) is 25.7. The summed E-state index contributed by atoms with van der Waals surface area (Å²) in [5.74, 6) is 0. The van der Waals surface area contributed by atoms with Crippen LogP contribution in [0, 0.1) is 0 Å². The fourth-order valence-electron chi connectivity index (χ4n) is 3.02. The standard InChI is InChI=1S/C13H28N4O2S/c1-15(2)20(18,19)17(13-6-5-7-14-12-13)11-10-16-8-3-4-9-16/h13-14H,3-12H2,1-2H3. The van der Waals surface area contributed by atoms with E-state index in [1.165, 1.54) is 17.1 Å². The molecule has 118 valence electrons. The van der Waals surface area contributed by atoms with Crippen molar-refractivity contribution in [1.29, 1.82) is 0 Å². The predicted octanol–water partition coefficient (Wildman–Crippen LogP) is -0.0574. The molecule has 0 radical (unpaired) electrons. The zero-order valence-corrected chi connectivity index (χ0v) is 13.5. The molecule has 20 heavy (non-hydrogen) atoms. The molecule has 0 aromatic rings. The van der Waals surface area contributed by atoms with Gasteiger partial charge in [0.05, 0.1) is 0 Å². The zero-order chi connectivity index (χ0) is 14.6. The zero-order valence-electron chi connectivity index (χ0n) is 12.7. The number of rotatable bonds is 6. The molecule has 2 heterocycles. The van der Waals surface area contributed by atoms with Gasteiger partial charge in [0.2, 0.25) is 0 Å². The van der Waals surface area contributed by atoms with E-state index in [4.69, 9.17) is 0 Å². The fourth-order valence-corrected chi connectivity index (χ4v) is 4.31. The van der Waals surface area contributed by atoms with Crippen molar-refractivity contribution >= 4 is 10.2 Å². The third kappa shape index (κ3) is 3.92. The maximum atomic E-state index is 12.5. The first-order chi connectivity index (χ1) is 9.51. The van der Waals surface area contributed by atoms with Gasteiger partial charge in [-0.05, 0) is 45.3 Å². The van der Waals surface area contributed by atoms with Crippen molar-refractivity contribution in [2.45, 2.75) is 31.7 Å². The largest absolute Gasteiger partial charge is 0.315 e. The maximum Gasteiger partial charge on any atom is 0.281 e. The molecule has 1 unspecified atom stereocenters. The Hall–Kier alpha value is -0.210. The summed E-state index contributed by atoms with van der Waals surface area (Å²) in [6.45, 7) is 5.44. The van der Waals surface area contributed by atoms with Crippen LogP contribution < -0.4 is 5.32 Å². The maximum absolute atomic E-state index is 12.5. The Bertz CT molecular complexity index is 387. The second-order valence-electron chi connectivity index (χ2n) is 5.95. The molecular formula is C13H28N4O2S. The van der Waals surface area contributed by atoms with Gasteiger partial charge in [0, 0.05) is 39.8 Å². The van der Waals surface area contributed by atoms with Gasteiger partial charge in [0.15, 0.2) is 0 Å². The van der Waals surface area contributed by atoms with Gasteiger partial charge >= 0.3 is 0 Å². The molecule has 0 spiro atoms. The highest BCUT2D eigenvalue weighted by molar-refractivity contribution is 7.86. The molecule has 0 amide bonds. The van der Waals surface area contributed by atoms with Crippen molar-refractivity contribution in [1.82, 2.24) is 18.8 Å². The summed E-state index contributed by atoms with van der Waals surface area (Å²) in [4.78, 5) is 2.37. The molecule has 2 aliphatic rings. The van der Waals surface area contributed by atoms with Crippen molar-refractivity contribution in [2.75, 3.05) is 53.4 Å². The van der Waals surface area contributed by atoms with Crippen LogP contribution in [0.4, 0.5) is 0 Å². The first-order valence-electron chi connectivity index (χ1n) is 7.64. The van der Waals surface area contributed by atoms with Crippen LogP contribution in [0.3, 0.4) is 0 Å². The van der Waals surface area contributed by atoms with E-state index in [1.54, 1.807) is 18.4 Å². The predicted molar refractivity (Wildman–Crippen MR) is 80.9 cm³/mol. The van der Waals surface area contributed by atoms with Crippen molar-refractivity contribution in [2.24, 2.45) is 0 Å². The molecule has 1 N–H and O–H groups in total. The van der Waals surface area contributed by atoms with Crippen molar-refractivity contribution in [3.63, 3.8) is 0 Å². The van der Waals surface area contributed by atoms with Crippen molar-refractivity contribution in [3.05, 3.63) is 0 Å². The molecule has 0 bridgehead atoms. The highest BCUT2D eigenvalue weighted by atomic mass is 32.2. The summed E-state index contributed by atoms with van der Waals surface area (Å²) in [5, 5.41) is 3.32. The van der Waals surface area contributed by atoms with E-state index in [9.17, 15) is 8.42 Å². The fraction of sp³-hybridized carbons (Fsp3) is 1.00. The topological polar surface area (TPSA) is 55.9 Å². The average Bonchev–Trinajstić information content (AvgIpc) is 2.93. The van der Waals surface area contributed by atoms with E-state index in [-0.39, 0.29) is 6.04 Å². The van der Waals surface area contributed by atoms with Crippen LogP contribution in [0.1, 0.15) is 25.7 Å². The number of likely N-dealkylation sites (tertiary alicyclic amines) is 1. The Labute approximate surface area is 123 Å². The Morgan fingerprint density at radius 3 is 2.45 bits per heavy atom. The molecule has 6 nitrogen and oxygen atoms in total. The Morgan fingerprint density at radius 2 is 1.90 bits per heavy atom. The molecule has 1 atom stereocenters. The third-order valence-corrected chi connectivity index (χ3v) is 6.27. The van der Waals surface area contributed by atoms with Gasteiger partial charge in [0.25, 0.3) is 10.2 Å². The van der Waals surface area contributed by atoms with Crippen LogP contribution in [0.25, 0.3) is 0 Å². The molecule has 2 rings (SSSR count). The third-order valence-electron chi connectivity index (χ3n) is 4.27. The minimum absolute atomic E-state index is 0.0961. The summed E-state index contributed by atoms with van der Waals surface area (Å²) in [6.07, 6.45) is 4.49. The minimum atomic E-state index is -3.33. The van der Waals surface area contributed by atoms with Gasteiger partial charge in [-0.3, -0.25) is 0 Å². The molecule has 0 aliphatic carbocycles. The van der Waals surface area contributed by atoms with Crippen LogP contribution in [-0.4, -0.2) is 81.3 Å². The highest BCUT2D eigenvalue weighted by Crippen LogP contribution is 2.17. The van der Waals surface area contributed by atoms with E-state index < -0.39 is 10.2 Å². The van der Waals surface area contributed by atoms with Gasteiger partial charge in [-0.2, -0.15) is 17.0 Å². The molecular weight excluding hydrogens is 276 g/mol. The van der Waals surface area contributed by atoms with Gasteiger partial charge in [-0.15, -0.1) is 0 Å². The van der Waals surface area contributed by atoms with Crippen LogP contribution >= 0.6 is 0 Å². The molecule has 0 aromatic carbocycles. The lowest BCUT2D eigenvalue weighted by atomic mass is 10.1. The summed E-state index contributed by atoms with van der Waals surface area (Å²) >= 11 is 0. The van der Waals surface area contributed by atoms with Crippen LogP contribution in [0.2, 0.25) is 0 Å². The molecule has 2 fully saturated rings. The summed E-state index contributed by atoms with van der Waals surface area (Å²) in [7, 11) is -0.0913. The van der Waals surface area contributed by atoms with Crippen LogP contribution in [-0.2, 0) is 10.2 Å². The number of nitrogens with one attached hydrogen (secondary N) is 1. The minimum Gasteiger partial charge on any atom is -0.315 e. The SMILES string of the molecule is CN(C)S(=O)(=O)N(CCN1CCCC1)C1CCCNC1. The summed E-state index contributed by atoms with van der Waals surface area (Å²) in [6, 6.07) is 0.0961. The van der Waals surface area contributed by atoms with Crippen molar-refractivity contribution in [3.8, 4) is 0 Å². The second kappa shape index (κ2) is 7.17. The van der Waals surface area contributed by atoms with Crippen LogP contribution in [0.5, 0.6) is 0 Å². The van der Waals surface area contributed by atoms with Crippen molar-refractivity contribution < 1.29 is 8.42 Å². The second-order valence-corrected chi connectivity index (χ2v) is 8.04. The smallest absolute Gasteiger partial charge is 0.281 e. The van der Waals surface area contributed by atoms with Gasteiger partial charge < -0.3 is 10.2 Å². The Kier molecular flexibility index (Phi) is 5.80. The van der Waals surface area contributed by atoms with Gasteiger partial charge in [-0.1, -0.05) is 0 Å². The molecule has 2 saturated heterocycles. The van der Waals surface area contributed by atoms with E-state index in [0.717, 1.165) is 45.6 Å². The average molecular weight is 304 g/mol. The molecule has 2 aliphatic heterocycles. The first-order valence-corrected chi connectivity index (χ1v) is 9.04. The lowest BCUT2D eigenvalue weighted by Crippen LogP contribution is -2.53. The lowest BCUT2D eigenvalue weighted by molar-refractivity contribution is 0.222.